The van der Waals surface area contributed by atoms with Crippen molar-refractivity contribution in [3.05, 3.63) is 81.4 Å². The van der Waals surface area contributed by atoms with E-state index in [9.17, 15) is 14.9 Å². The van der Waals surface area contributed by atoms with Gasteiger partial charge in [0, 0.05) is 42.4 Å². The molecular formula is C23H25N3O3. The Hall–Kier alpha value is -3.15. The number of amides is 1. The maximum absolute atomic E-state index is 12.8. The van der Waals surface area contributed by atoms with Gasteiger partial charge in [-0.25, -0.2) is 0 Å². The minimum Gasteiger partial charge on any atom is -0.378 e. The van der Waals surface area contributed by atoms with Crippen molar-refractivity contribution in [2.24, 2.45) is 5.92 Å². The summed E-state index contributed by atoms with van der Waals surface area (Å²) in [6, 6.07) is 12.8. The second-order valence-corrected chi connectivity index (χ2v) is 7.60. The monoisotopic (exact) mass is 391 g/mol. The van der Waals surface area contributed by atoms with Gasteiger partial charge < -0.3 is 10.2 Å². The number of nitro benzene ring substituents is 1. The lowest BCUT2D eigenvalue weighted by Crippen LogP contribution is -2.32. The van der Waals surface area contributed by atoms with Crippen molar-refractivity contribution in [3.8, 4) is 0 Å². The van der Waals surface area contributed by atoms with Gasteiger partial charge >= 0.3 is 0 Å². The molecule has 6 heteroatoms. The van der Waals surface area contributed by atoms with Crippen LogP contribution in [-0.2, 0) is 0 Å². The van der Waals surface area contributed by atoms with E-state index >= 15 is 0 Å². The van der Waals surface area contributed by atoms with Crippen LogP contribution in [0.5, 0.6) is 0 Å². The summed E-state index contributed by atoms with van der Waals surface area (Å²) in [7, 11) is 0. The molecule has 2 aliphatic rings. The van der Waals surface area contributed by atoms with E-state index in [0.717, 1.165) is 28.8 Å². The van der Waals surface area contributed by atoms with E-state index in [-0.39, 0.29) is 28.5 Å². The van der Waals surface area contributed by atoms with Crippen LogP contribution in [0, 0.1) is 16.0 Å². The molecule has 1 heterocycles. The van der Waals surface area contributed by atoms with Crippen molar-refractivity contribution in [3.63, 3.8) is 0 Å². The molecule has 2 aromatic carbocycles. The third-order valence-electron chi connectivity index (χ3n) is 6.12. The van der Waals surface area contributed by atoms with E-state index < -0.39 is 0 Å². The van der Waals surface area contributed by atoms with Crippen LogP contribution in [0.15, 0.2) is 54.6 Å². The van der Waals surface area contributed by atoms with Crippen LogP contribution in [0.2, 0.25) is 0 Å². The number of fused-ring (bicyclic) bond motifs is 3. The summed E-state index contributed by atoms with van der Waals surface area (Å²) in [5.74, 6) is 0.618. The van der Waals surface area contributed by atoms with Crippen molar-refractivity contribution in [2.75, 3.05) is 18.4 Å². The Morgan fingerprint density at radius 2 is 1.90 bits per heavy atom. The van der Waals surface area contributed by atoms with Crippen LogP contribution in [0.25, 0.3) is 0 Å². The second-order valence-electron chi connectivity index (χ2n) is 7.60. The number of anilines is 1. The lowest BCUT2D eigenvalue weighted by Gasteiger charge is -2.37. The Labute approximate surface area is 170 Å². The predicted octanol–water partition coefficient (Wildman–Crippen LogP) is 4.90. The smallest absolute Gasteiger partial charge is 0.269 e. The molecule has 0 saturated carbocycles. The first kappa shape index (κ1) is 19.2. The number of benzene rings is 2. The van der Waals surface area contributed by atoms with Crippen molar-refractivity contribution in [2.45, 2.75) is 32.2 Å². The molecule has 3 atom stereocenters. The van der Waals surface area contributed by atoms with Gasteiger partial charge in [0.05, 0.1) is 11.0 Å². The van der Waals surface area contributed by atoms with Gasteiger partial charge in [0.2, 0.25) is 0 Å². The fraction of sp³-hybridized carbons (Fsp3) is 0.348. The van der Waals surface area contributed by atoms with Gasteiger partial charge in [-0.3, -0.25) is 14.9 Å². The predicted molar refractivity (Wildman–Crippen MR) is 113 cm³/mol. The van der Waals surface area contributed by atoms with Gasteiger partial charge in [-0.05, 0) is 55.5 Å². The number of nitro groups is 1. The normalized spacial score (nSPS) is 21.8. The van der Waals surface area contributed by atoms with Crippen molar-refractivity contribution < 1.29 is 9.72 Å². The Morgan fingerprint density at radius 1 is 1.17 bits per heavy atom. The van der Waals surface area contributed by atoms with E-state index in [1.807, 2.05) is 49.1 Å². The van der Waals surface area contributed by atoms with E-state index in [0.29, 0.717) is 19.0 Å². The van der Waals surface area contributed by atoms with Crippen LogP contribution in [0.1, 0.15) is 53.7 Å². The number of carbonyl (C=O) groups is 1. The van der Waals surface area contributed by atoms with Crippen LogP contribution in [-0.4, -0.2) is 28.8 Å². The molecular weight excluding hydrogens is 366 g/mol. The largest absolute Gasteiger partial charge is 0.378 e. The standard InChI is InChI=1S/C23H25N3O3/c1-3-25(4-2)23(27)16-10-13-21-20(14-16)18-6-5-7-19(18)22(24-21)15-8-11-17(12-9-15)26(28)29/h5-6,8-14,18-19,22,24H,3-4,7H2,1-2H3/t18-,19-,22-/m1/s1. The molecule has 150 valence electrons. The highest BCUT2D eigenvalue weighted by Crippen LogP contribution is 2.50. The minimum atomic E-state index is -0.373. The summed E-state index contributed by atoms with van der Waals surface area (Å²) in [6.07, 6.45) is 5.37. The van der Waals surface area contributed by atoms with E-state index in [4.69, 9.17) is 0 Å². The Bertz CT molecular complexity index is 964. The summed E-state index contributed by atoms with van der Waals surface area (Å²) in [6.45, 7) is 5.37. The molecule has 0 aromatic heterocycles. The highest BCUT2D eigenvalue weighted by atomic mass is 16.6. The van der Waals surface area contributed by atoms with Crippen molar-refractivity contribution >= 4 is 17.3 Å². The van der Waals surface area contributed by atoms with Gasteiger partial charge in [0.15, 0.2) is 0 Å². The number of rotatable bonds is 5. The number of nitrogens with one attached hydrogen (secondary N) is 1. The summed E-state index contributed by atoms with van der Waals surface area (Å²) in [5.41, 5.74) is 4.05. The molecule has 0 spiro atoms. The number of hydrogen-bond donors (Lipinski definition) is 1. The average molecular weight is 391 g/mol. The van der Waals surface area contributed by atoms with Gasteiger partial charge in [-0.1, -0.05) is 24.3 Å². The second kappa shape index (κ2) is 7.70. The molecule has 1 aliphatic heterocycles. The Kier molecular flexibility index (Phi) is 5.09. The van der Waals surface area contributed by atoms with E-state index in [1.165, 1.54) is 0 Å². The highest BCUT2D eigenvalue weighted by molar-refractivity contribution is 5.95. The van der Waals surface area contributed by atoms with Gasteiger partial charge in [0.25, 0.3) is 11.6 Å². The molecule has 2 aromatic rings. The summed E-state index contributed by atoms with van der Waals surface area (Å²) >= 11 is 0. The quantitative estimate of drug-likeness (QED) is 0.447. The first-order chi connectivity index (χ1) is 14.0. The third kappa shape index (κ3) is 3.39. The molecule has 1 amide bonds. The van der Waals surface area contributed by atoms with E-state index in [1.54, 1.807) is 12.1 Å². The lowest BCUT2D eigenvalue weighted by molar-refractivity contribution is -0.384. The first-order valence-corrected chi connectivity index (χ1v) is 10.1. The number of carbonyl (C=O) groups excluding carboxylic acids is 1. The summed E-state index contributed by atoms with van der Waals surface area (Å²) in [4.78, 5) is 25.2. The molecule has 1 aliphatic carbocycles. The van der Waals surface area contributed by atoms with Crippen LogP contribution >= 0.6 is 0 Å². The molecule has 4 rings (SSSR count). The first-order valence-electron chi connectivity index (χ1n) is 10.1. The molecule has 6 nitrogen and oxygen atoms in total. The molecule has 0 saturated heterocycles. The number of nitrogens with zero attached hydrogens (tertiary/aromatic N) is 2. The zero-order valence-corrected chi connectivity index (χ0v) is 16.7. The number of non-ortho nitro benzene ring substituents is 1. The van der Waals surface area contributed by atoms with Crippen molar-refractivity contribution in [1.82, 2.24) is 4.90 Å². The fourth-order valence-electron chi connectivity index (χ4n) is 4.55. The van der Waals surface area contributed by atoms with Crippen LogP contribution in [0.4, 0.5) is 11.4 Å². The van der Waals surface area contributed by atoms with Crippen LogP contribution in [0.3, 0.4) is 0 Å². The average Bonchev–Trinajstić information content (AvgIpc) is 3.24. The van der Waals surface area contributed by atoms with Gasteiger partial charge in [0.1, 0.15) is 0 Å². The molecule has 0 bridgehead atoms. The minimum absolute atomic E-state index is 0.0637. The molecule has 0 unspecified atom stereocenters. The topological polar surface area (TPSA) is 75.5 Å². The Morgan fingerprint density at radius 3 is 2.55 bits per heavy atom. The number of allylic oxidation sites excluding steroid dienone is 2. The maximum atomic E-state index is 12.8. The Balaban J connectivity index is 1.67. The highest BCUT2D eigenvalue weighted by Gasteiger charge is 2.38. The third-order valence-corrected chi connectivity index (χ3v) is 6.12. The van der Waals surface area contributed by atoms with Crippen molar-refractivity contribution in [1.29, 1.82) is 0 Å². The summed E-state index contributed by atoms with van der Waals surface area (Å²) < 4.78 is 0. The van der Waals surface area contributed by atoms with Crippen LogP contribution < -0.4 is 5.32 Å². The number of hydrogen-bond acceptors (Lipinski definition) is 4. The fourth-order valence-corrected chi connectivity index (χ4v) is 4.55. The molecule has 0 fully saturated rings. The summed E-state index contributed by atoms with van der Waals surface area (Å²) in [5, 5.41) is 14.6. The zero-order valence-electron chi connectivity index (χ0n) is 16.7. The zero-order chi connectivity index (χ0) is 20.5. The SMILES string of the molecule is CCN(CC)C(=O)c1ccc2c(c1)[C@@H]1C=CC[C@H]1[C@@H](c1ccc([N+](=O)[O-])cc1)N2. The molecule has 0 radical (unpaired) electrons. The van der Waals surface area contributed by atoms with Gasteiger partial charge in [-0.15, -0.1) is 0 Å². The maximum Gasteiger partial charge on any atom is 0.269 e. The molecule has 29 heavy (non-hydrogen) atoms. The molecule has 1 N–H and O–H groups in total. The van der Waals surface area contributed by atoms with E-state index in [2.05, 4.69) is 17.5 Å². The lowest BCUT2D eigenvalue weighted by atomic mass is 9.76. The van der Waals surface area contributed by atoms with Gasteiger partial charge in [-0.2, -0.15) is 0 Å².